The number of rotatable bonds is 5. The molecule has 0 bridgehead atoms. The number of hydrogen-bond donors (Lipinski definition) is 0. The third kappa shape index (κ3) is 4.39. The summed E-state index contributed by atoms with van der Waals surface area (Å²) in [7, 11) is 0. The molecule has 1 amide bonds. The number of nitrogens with zero attached hydrogens (tertiary/aromatic N) is 3. The van der Waals surface area contributed by atoms with Crippen LogP contribution in [0.2, 0.25) is 0 Å². The van der Waals surface area contributed by atoms with Crippen molar-refractivity contribution >= 4 is 12.3 Å². The van der Waals surface area contributed by atoms with Gasteiger partial charge in [0.1, 0.15) is 0 Å². The highest BCUT2D eigenvalue weighted by molar-refractivity contribution is 5.67. The Balaban J connectivity index is 1.64. The molecule has 2 aliphatic rings. The Hall–Kier alpha value is -1.26. The molecule has 114 valence electrons. The zero-order valence-electron chi connectivity index (χ0n) is 12.8. The van der Waals surface area contributed by atoms with E-state index in [4.69, 9.17) is 4.74 Å². The van der Waals surface area contributed by atoms with Crippen LogP contribution in [0.15, 0.2) is 5.10 Å². The average molecular weight is 281 g/mol. The minimum absolute atomic E-state index is 0.135. The first-order chi connectivity index (χ1) is 9.69. The summed E-state index contributed by atoms with van der Waals surface area (Å²) >= 11 is 0. The molecule has 5 nitrogen and oxygen atoms in total. The fourth-order valence-corrected chi connectivity index (χ4v) is 2.75. The van der Waals surface area contributed by atoms with Crippen molar-refractivity contribution in [1.82, 2.24) is 9.91 Å². The molecule has 2 rings (SSSR count). The second-order valence-electron chi connectivity index (χ2n) is 6.01. The van der Waals surface area contributed by atoms with Crippen molar-refractivity contribution in [2.45, 2.75) is 39.5 Å². The van der Waals surface area contributed by atoms with Gasteiger partial charge in [-0.25, -0.2) is 4.79 Å². The van der Waals surface area contributed by atoms with Gasteiger partial charge in [-0.15, -0.1) is 0 Å². The number of amides is 1. The minimum Gasteiger partial charge on any atom is -0.449 e. The van der Waals surface area contributed by atoms with E-state index in [0.717, 1.165) is 51.9 Å². The van der Waals surface area contributed by atoms with Crippen LogP contribution in [0.3, 0.4) is 0 Å². The maximum absolute atomic E-state index is 11.8. The summed E-state index contributed by atoms with van der Waals surface area (Å²) in [5.41, 5.74) is 0. The predicted octanol–water partition coefficient (Wildman–Crippen LogP) is 2.57. The first kappa shape index (κ1) is 15.1. The Labute approximate surface area is 121 Å². The van der Waals surface area contributed by atoms with Crippen LogP contribution < -0.4 is 0 Å². The lowest BCUT2D eigenvalue weighted by Crippen LogP contribution is -2.41. The molecule has 0 aliphatic carbocycles. The highest BCUT2D eigenvalue weighted by atomic mass is 16.6. The van der Waals surface area contributed by atoms with Gasteiger partial charge in [-0.05, 0) is 25.2 Å². The smallest absolute Gasteiger partial charge is 0.409 e. The van der Waals surface area contributed by atoms with Gasteiger partial charge in [0.05, 0.1) is 6.61 Å². The van der Waals surface area contributed by atoms with Crippen molar-refractivity contribution in [2.75, 3.05) is 32.8 Å². The van der Waals surface area contributed by atoms with Gasteiger partial charge in [0.25, 0.3) is 0 Å². The second kappa shape index (κ2) is 7.50. The number of carbonyl (C=O) groups is 1. The summed E-state index contributed by atoms with van der Waals surface area (Å²) in [6.07, 6.45) is 6.02. The summed E-state index contributed by atoms with van der Waals surface area (Å²) in [5, 5.41) is 6.59. The molecule has 2 aliphatic heterocycles. The number of likely N-dealkylation sites (tertiary alicyclic amines) is 1. The van der Waals surface area contributed by atoms with Gasteiger partial charge in [-0.2, -0.15) is 5.10 Å². The van der Waals surface area contributed by atoms with Crippen LogP contribution in [-0.4, -0.2) is 55.0 Å². The zero-order valence-corrected chi connectivity index (χ0v) is 12.8. The number of hydrazone groups is 1. The van der Waals surface area contributed by atoms with Crippen molar-refractivity contribution in [2.24, 2.45) is 16.9 Å². The standard InChI is InChI=1S/C15H27N3O2/c1-3-4-9-20-15(19)17-7-5-14(6-8-17)12-18-11-13(2)10-16-18/h10,13-14H,3-9,11-12H2,1-2H3. The van der Waals surface area contributed by atoms with Crippen LogP contribution in [0.25, 0.3) is 0 Å². The molecule has 5 heteroatoms. The summed E-state index contributed by atoms with van der Waals surface area (Å²) in [6.45, 7) is 8.55. The van der Waals surface area contributed by atoms with E-state index in [9.17, 15) is 4.79 Å². The lowest BCUT2D eigenvalue weighted by molar-refractivity contribution is 0.0818. The molecule has 0 saturated carbocycles. The van der Waals surface area contributed by atoms with Gasteiger partial charge in [0.15, 0.2) is 0 Å². The van der Waals surface area contributed by atoms with Crippen molar-refractivity contribution in [3.8, 4) is 0 Å². The van der Waals surface area contributed by atoms with E-state index in [2.05, 4.69) is 24.0 Å². The molecule has 0 aromatic carbocycles. The fraction of sp³-hybridized carbons (Fsp3) is 0.867. The Morgan fingerprint density at radius 3 is 2.75 bits per heavy atom. The zero-order chi connectivity index (χ0) is 14.4. The molecule has 1 saturated heterocycles. The topological polar surface area (TPSA) is 45.1 Å². The Morgan fingerprint density at radius 1 is 1.40 bits per heavy atom. The number of ether oxygens (including phenoxy) is 1. The van der Waals surface area contributed by atoms with Crippen LogP contribution in [-0.2, 0) is 4.74 Å². The number of piperidine rings is 1. The van der Waals surface area contributed by atoms with Gasteiger partial charge in [0.2, 0.25) is 0 Å². The third-order valence-electron chi connectivity index (χ3n) is 4.05. The average Bonchev–Trinajstić information content (AvgIpc) is 2.85. The lowest BCUT2D eigenvalue weighted by atomic mass is 9.97. The molecule has 2 heterocycles. The van der Waals surface area contributed by atoms with Crippen molar-refractivity contribution in [3.63, 3.8) is 0 Å². The van der Waals surface area contributed by atoms with E-state index in [1.807, 2.05) is 11.1 Å². The molecule has 20 heavy (non-hydrogen) atoms. The van der Waals surface area contributed by atoms with E-state index in [-0.39, 0.29) is 6.09 Å². The molecular weight excluding hydrogens is 254 g/mol. The third-order valence-corrected chi connectivity index (χ3v) is 4.05. The maximum atomic E-state index is 11.8. The SMILES string of the molecule is CCCCOC(=O)N1CCC(CN2CC(C)C=N2)CC1. The van der Waals surface area contributed by atoms with Gasteiger partial charge >= 0.3 is 6.09 Å². The first-order valence-electron chi connectivity index (χ1n) is 7.89. The second-order valence-corrected chi connectivity index (χ2v) is 6.01. The van der Waals surface area contributed by atoms with Crippen LogP contribution in [0.4, 0.5) is 4.79 Å². The summed E-state index contributed by atoms with van der Waals surface area (Å²) < 4.78 is 5.26. The van der Waals surface area contributed by atoms with Crippen LogP contribution >= 0.6 is 0 Å². The monoisotopic (exact) mass is 281 g/mol. The van der Waals surface area contributed by atoms with E-state index in [1.165, 1.54) is 0 Å². The number of carbonyl (C=O) groups excluding carboxylic acids is 1. The lowest BCUT2D eigenvalue weighted by Gasteiger charge is -2.32. The number of hydrogen-bond acceptors (Lipinski definition) is 4. The summed E-state index contributed by atoms with van der Waals surface area (Å²) in [4.78, 5) is 13.7. The van der Waals surface area contributed by atoms with Crippen LogP contribution in [0.1, 0.15) is 39.5 Å². The van der Waals surface area contributed by atoms with Gasteiger partial charge in [-0.1, -0.05) is 20.3 Å². The van der Waals surface area contributed by atoms with Crippen LogP contribution in [0.5, 0.6) is 0 Å². The largest absolute Gasteiger partial charge is 0.449 e. The molecule has 0 radical (unpaired) electrons. The summed E-state index contributed by atoms with van der Waals surface area (Å²) in [6, 6.07) is 0. The minimum atomic E-state index is -0.135. The van der Waals surface area contributed by atoms with E-state index in [0.29, 0.717) is 18.4 Å². The summed E-state index contributed by atoms with van der Waals surface area (Å²) in [5.74, 6) is 1.22. The molecule has 0 spiro atoms. The highest BCUT2D eigenvalue weighted by Gasteiger charge is 2.26. The first-order valence-corrected chi connectivity index (χ1v) is 7.89. The van der Waals surface area contributed by atoms with E-state index < -0.39 is 0 Å². The Morgan fingerprint density at radius 2 is 2.15 bits per heavy atom. The molecule has 0 N–H and O–H groups in total. The Bertz CT molecular complexity index is 338. The molecule has 1 atom stereocenters. The van der Waals surface area contributed by atoms with Gasteiger partial charge in [0, 0.05) is 38.3 Å². The van der Waals surface area contributed by atoms with Crippen molar-refractivity contribution in [3.05, 3.63) is 0 Å². The molecule has 0 aromatic rings. The normalized spacial score (nSPS) is 23.4. The van der Waals surface area contributed by atoms with Crippen molar-refractivity contribution in [1.29, 1.82) is 0 Å². The van der Waals surface area contributed by atoms with E-state index >= 15 is 0 Å². The van der Waals surface area contributed by atoms with E-state index in [1.54, 1.807) is 0 Å². The van der Waals surface area contributed by atoms with Gasteiger partial charge in [-0.3, -0.25) is 5.01 Å². The fourth-order valence-electron chi connectivity index (χ4n) is 2.75. The molecule has 1 unspecified atom stereocenters. The molecular formula is C15H27N3O2. The molecule has 1 fully saturated rings. The highest BCUT2D eigenvalue weighted by Crippen LogP contribution is 2.20. The predicted molar refractivity (Wildman–Crippen MR) is 79.8 cm³/mol. The quantitative estimate of drug-likeness (QED) is 0.728. The molecule has 0 aromatic heterocycles. The van der Waals surface area contributed by atoms with Crippen molar-refractivity contribution < 1.29 is 9.53 Å². The van der Waals surface area contributed by atoms with Crippen LogP contribution in [0, 0.1) is 11.8 Å². The maximum Gasteiger partial charge on any atom is 0.409 e. The van der Waals surface area contributed by atoms with Gasteiger partial charge < -0.3 is 9.64 Å². The Kier molecular flexibility index (Phi) is 5.68. The number of unbranched alkanes of at least 4 members (excludes halogenated alkanes) is 1.